The Morgan fingerprint density at radius 3 is 2.68 bits per heavy atom. The molecule has 22 heavy (non-hydrogen) atoms. The van der Waals surface area contributed by atoms with E-state index in [2.05, 4.69) is 27.2 Å². The molecule has 4 aromatic rings. The van der Waals surface area contributed by atoms with Crippen molar-refractivity contribution in [1.82, 2.24) is 19.6 Å². The van der Waals surface area contributed by atoms with Gasteiger partial charge >= 0.3 is 0 Å². The number of nitrogens with two attached hydrogens (primary N) is 1. The minimum absolute atomic E-state index is 0.203. The lowest BCUT2D eigenvalue weighted by atomic mass is 10.1. The zero-order chi connectivity index (χ0) is 14.9. The normalized spacial score (nSPS) is 11.1. The molecule has 0 spiro atoms. The van der Waals surface area contributed by atoms with Crippen LogP contribution in [-0.2, 0) is 6.42 Å². The predicted octanol–water partition coefficient (Wildman–Crippen LogP) is 2.56. The van der Waals surface area contributed by atoms with Crippen LogP contribution in [-0.4, -0.2) is 19.6 Å². The van der Waals surface area contributed by atoms with E-state index in [1.165, 1.54) is 5.56 Å². The molecule has 108 valence electrons. The van der Waals surface area contributed by atoms with E-state index in [4.69, 9.17) is 10.2 Å². The number of hydrogen-bond donors (Lipinski definition) is 1. The van der Waals surface area contributed by atoms with Gasteiger partial charge in [-0.05, 0) is 17.7 Å². The summed E-state index contributed by atoms with van der Waals surface area (Å²) in [5, 5.41) is 4.39. The fourth-order valence-corrected chi connectivity index (χ4v) is 2.45. The molecule has 6 heteroatoms. The second-order valence-electron chi connectivity index (χ2n) is 4.95. The van der Waals surface area contributed by atoms with Gasteiger partial charge < -0.3 is 10.2 Å². The Bertz CT molecular complexity index is 913. The van der Waals surface area contributed by atoms with E-state index in [1.54, 1.807) is 23.0 Å². The summed E-state index contributed by atoms with van der Waals surface area (Å²) in [6.45, 7) is 0. The predicted molar refractivity (Wildman–Crippen MR) is 82.1 cm³/mol. The molecule has 0 aliphatic carbocycles. The molecule has 0 saturated heterocycles. The first-order valence-electron chi connectivity index (χ1n) is 6.89. The van der Waals surface area contributed by atoms with Gasteiger partial charge in [0.2, 0.25) is 11.8 Å². The number of nitrogens with zero attached hydrogens (tertiary/aromatic N) is 4. The van der Waals surface area contributed by atoms with E-state index >= 15 is 0 Å². The van der Waals surface area contributed by atoms with E-state index in [-0.39, 0.29) is 5.95 Å². The highest BCUT2D eigenvalue weighted by Gasteiger charge is 2.15. The lowest BCUT2D eigenvalue weighted by Gasteiger charge is -2.03. The fraction of sp³-hybridized carbons (Fsp3) is 0.0625. The van der Waals surface area contributed by atoms with E-state index in [0.717, 1.165) is 12.0 Å². The first-order chi connectivity index (χ1) is 10.8. The summed E-state index contributed by atoms with van der Waals surface area (Å²) in [6.07, 6.45) is 4.12. The van der Waals surface area contributed by atoms with Crippen molar-refractivity contribution >= 4 is 11.6 Å². The van der Waals surface area contributed by atoms with Crippen LogP contribution in [0, 0.1) is 0 Å². The van der Waals surface area contributed by atoms with Crippen LogP contribution < -0.4 is 5.73 Å². The quantitative estimate of drug-likeness (QED) is 0.627. The van der Waals surface area contributed by atoms with E-state index in [0.29, 0.717) is 17.2 Å². The lowest BCUT2D eigenvalue weighted by Crippen LogP contribution is -2.04. The van der Waals surface area contributed by atoms with Crippen molar-refractivity contribution in [2.24, 2.45) is 0 Å². The summed E-state index contributed by atoms with van der Waals surface area (Å²) in [5.74, 6) is 1.36. The Morgan fingerprint density at radius 2 is 1.91 bits per heavy atom. The summed E-state index contributed by atoms with van der Waals surface area (Å²) in [5.41, 5.74) is 8.73. The lowest BCUT2D eigenvalue weighted by molar-refractivity contribution is 0.573. The van der Waals surface area contributed by atoms with Crippen LogP contribution in [0.1, 0.15) is 11.1 Å². The molecule has 4 rings (SSSR count). The Morgan fingerprint density at radius 1 is 1.05 bits per heavy atom. The molecule has 0 amide bonds. The van der Waals surface area contributed by atoms with Crippen LogP contribution in [0.5, 0.6) is 0 Å². The highest BCUT2D eigenvalue weighted by Crippen LogP contribution is 2.22. The Kier molecular flexibility index (Phi) is 2.86. The zero-order valence-corrected chi connectivity index (χ0v) is 11.7. The first kappa shape index (κ1) is 12.6. The molecule has 0 bridgehead atoms. The van der Waals surface area contributed by atoms with Gasteiger partial charge in [-0.15, -0.1) is 0 Å². The van der Waals surface area contributed by atoms with Crippen molar-refractivity contribution in [1.29, 1.82) is 0 Å². The molecule has 0 fully saturated rings. The number of aromatic nitrogens is 4. The van der Waals surface area contributed by atoms with Crippen molar-refractivity contribution in [2.45, 2.75) is 6.42 Å². The number of benzene rings is 1. The Hall–Kier alpha value is -3.15. The largest absolute Gasteiger partial charge is 0.461 e. The molecular weight excluding hydrogens is 278 g/mol. The average molecular weight is 291 g/mol. The van der Waals surface area contributed by atoms with Gasteiger partial charge in [-0.2, -0.15) is 19.6 Å². The standard InChI is InChI=1S/C16H13N5O/c17-16-19-14-12(9-11-5-2-1-3-6-11)10-18-21(14)15(20-16)13-7-4-8-22-13/h1-8,10H,9H2,(H2,17,19). The maximum absolute atomic E-state index is 5.85. The van der Waals surface area contributed by atoms with Gasteiger partial charge in [0.1, 0.15) is 0 Å². The third kappa shape index (κ3) is 2.10. The van der Waals surface area contributed by atoms with Crippen molar-refractivity contribution in [3.8, 4) is 11.6 Å². The van der Waals surface area contributed by atoms with Crippen LogP contribution in [0.15, 0.2) is 59.3 Å². The van der Waals surface area contributed by atoms with Gasteiger partial charge in [0, 0.05) is 12.0 Å². The first-order valence-corrected chi connectivity index (χ1v) is 6.89. The summed E-state index contributed by atoms with van der Waals surface area (Å²) >= 11 is 0. The Balaban J connectivity index is 1.85. The maximum Gasteiger partial charge on any atom is 0.224 e. The molecule has 0 saturated carbocycles. The monoisotopic (exact) mass is 291 g/mol. The van der Waals surface area contributed by atoms with E-state index in [1.807, 2.05) is 24.3 Å². The fourth-order valence-electron chi connectivity index (χ4n) is 2.45. The third-order valence-electron chi connectivity index (χ3n) is 3.44. The maximum atomic E-state index is 5.85. The number of fused-ring (bicyclic) bond motifs is 1. The van der Waals surface area contributed by atoms with Crippen molar-refractivity contribution in [3.05, 3.63) is 66.1 Å². The molecular formula is C16H13N5O. The topological polar surface area (TPSA) is 82.2 Å². The third-order valence-corrected chi connectivity index (χ3v) is 3.44. The van der Waals surface area contributed by atoms with Crippen molar-refractivity contribution < 1.29 is 4.42 Å². The van der Waals surface area contributed by atoms with Gasteiger partial charge in [-0.1, -0.05) is 30.3 Å². The Labute approximate surface area is 126 Å². The molecule has 2 N–H and O–H groups in total. The number of hydrogen-bond acceptors (Lipinski definition) is 5. The summed E-state index contributed by atoms with van der Waals surface area (Å²) in [4.78, 5) is 8.57. The van der Waals surface area contributed by atoms with Gasteiger partial charge in [0.25, 0.3) is 0 Å². The van der Waals surface area contributed by atoms with Gasteiger partial charge in [0.05, 0.1) is 12.5 Å². The minimum atomic E-state index is 0.203. The van der Waals surface area contributed by atoms with Crippen LogP contribution >= 0.6 is 0 Å². The second-order valence-corrected chi connectivity index (χ2v) is 4.95. The van der Waals surface area contributed by atoms with Crippen molar-refractivity contribution in [3.63, 3.8) is 0 Å². The van der Waals surface area contributed by atoms with E-state index < -0.39 is 0 Å². The zero-order valence-electron chi connectivity index (χ0n) is 11.7. The highest BCUT2D eigenvalue weighted by molar-refractivity contribution is 5.59. The van der Waals surface area contributed by atoms with Crippen molar-refractivity contribution in [2.75, 3.05) is 5.73 Å². The molecule has 3 heterocycles. The molecule has 0 unspecified atom stereocenters. The number of anilines is 1. The molecule has 0 atom stereocenters. The summed E-state index contributed by atoms with van der Waals surface area (Å²) in [7, 11) is 0. The summed E-state index contributed by atoms with van der Waals surface area (Å²) in [6, 6.07) is 13.8. The average Bonchev–Trinajstić information content (AvgIpc) is 3.18. The molecule has 6 nitrogen and oxygen atoms in total. The van der Waals surface area contributed by atoms with Crippen LogP contribution in [0.3, 0.4) is 0 Å². The van der Waals surface area contributed by atoms with E-state index in [9.17, 15) is 0 Å². The number of rotatable bonds is 3. The highest BCUT2D eigenvalue weighted by atomic mass is 16.3. The van der Waals surface area contributed by atoms with Gasteiger partial charge in [-0.25, -0.2) is 0 Å². The smallest absolute Gasteiger partial charge is 0.224 e. The van der Waals surface area contributed by atoms with Crippen LogP contribution in [0.2, 0.25) is 0 Å². The summed E-state index contributed by atoms with van der Waals surface area (Å²) < 4.78 is 7.06. The molecule has 0 radical (unpaired) electrons. The molecule has 0 aliphatic rings. The number of nitrogen functional groups attached to an aromatic ring is 1. The second kappa shape index (κ2) is 5.00. The van der Waals surface area contributed by atoms with Gasteiger partial charge in [0.15, 0.2) is 11.4 Å². The van der Waals surface area contributed by atoms with Crippen LogP contribution in [0.4, 0.5) is 5.95 Å². The SMILES string of the molecule is Nc1nc(-c2ccco2)n2ncc(Cc3ccccc3)c2n1. The van der Waals surface area contributed by atoms with Gasteiger partial charge in [-0.3, -0.25) is 0 Å². The molecule has 1 aromatic carbocycles. The van der Waals surface area contributed by atoms with Crippen LogP contribution in [0.25, 0.3) is 17.2 Å². The number of furan rings is 1. The molecule has 3 aromatic heterocycles. The molecule has 0 aliphatic heterocycles. The minimum Gasteiger partial charge on any atom is -0.461 e.